The summed E-state index contributed by atoms with van der Waals surface area (Å²) < 4.78 is 2.23. The van der Waals surface area contributed by atoms with E-state index >= 15 is 0 Å². The normalized spacial score (nSPS) is 9.77. The van der Waals surface area contributed by atoms with Crippen molar-refractivity contribution in [3.8, 4) is 0 Å². The fourth-order valence-electron chi connectivity index (χ4n) is 1.39. The van der Waals surface area contributed by atoms with Crippen LogP contribution in [0.25, 0.3) is 0 Å². The molecule has 0 saturated carbocycles. The number of nitrogens with one attached hydrogen (secondary N) is 1. The van der Waals surface area contributed by atoms with E-state index in [1.54, 1.807) is 0 Å². The number of hydrogen-bond donors (Lipinski definition) is 1. The Balaban J connectivity index is 0.00000144. The number of rotatable bonds is 4. The van der Waals surface area contributed by atoms with Crippen LogP contribution >= 0.6 is 0 Å². The van der Waals surface area contributed by atoms with E-state index < -0.39 is 0 Å². The van der Waals surface area contributed by atoms with E-state index in [2.05, 4.69) is 36.6 Å². The van der Waals surface area contributed by atoms with E-state index in [0.29, 0.717) is 0 Å². The van der Waals surface area contributed by atoms with Crippen molar-refractivity contribution in [3.05, 3.63) is 17.7 Å². The zero-order valence-corrected chi connectivity index (χ0v) is 10.3. The highest BCUT2D eigenvalue weighted by atomic mass is 79.9. The second-order valence-corrected chi connectivity index (χ2v) is 3.38. The van der Waals surface area contributed by atoms with Crippen LogP contribution in [0.5, 0.6) is 0 Å². The number of aromatic amines is 1. The molecule has 0 atom stereocenters. The van der Waals surface area contributed by atoms with Gasteiger partial charge in [0.05, 0.1) is 7.05 Å². The van der Waals surface area contributed by atoms with Crippen molar-refractivity contribution >= 4 is 0 Å². The summed E-state index contributed by atoms with van der Waals surface area (Å²) in [6.45, 7) is 4.34. The Labute approximate surface area is 91.1 Å². The number of nitrogens with zero attached hydrogens (tertiary/aromatic N) is 1. The first kappa shape index (κ1) is 12.7. The van der Waals surface area contributed by atoms with E-state index in [0.717, 1.165) is 0 Å². The number of hydrogen-bond acceptors (Lipinski definition) is 0. The van der Waals surface area contributed by atoms with E-state index in [1.807, 2.05) is 0 Å². The summed E-state index contributed by atoms with van der Waals surface area (Å²) in [6, 6.07) is 0. The first-order valence-corrected chi connectivity index (χ1v) is 4.78. The van der Waals surface area contributed by atoms with Gasteiger partial charge in [-0.25, -0.2) is 9.55 Å². The maximum atomic E-state index is 3.23. The van der Waals surface area contributed by atoms with Gasteiger partial charge in [-0.2, -0.15) is 0 Å². The quantitative estimate of drug-likeness (QED) is 0.514. The van der Waals surface area contributed by atoms with Crippen molar-refractivity contribution in [1.29, 1.82) is 0 Å². The molecule has 0 aliphatic carbocycles. The summed E-state index contributed by atoms with van der Waals surface area (Å²) in [5.74, 6) is 1.24. The van der Waals surface area contributed by atoms with Crippen LogP contribution in [-0.4, -0.2) is 4.98 Å². The number of imidazole rings is 1. The van der Waals surface area contributed by atoms with Crippen molar-refractivity contribution in [2.45, 2.75) is 39.5 Å². The lowest BCUT2D eigenvalue weighted by atomic mass is 10.2. The summed E-state index contributed by atoms with van der Waals surface area (Å²) in [7, 11) is 2.12. The van der Waals surface area contributed by atoms with Crippen molar-refractivity contribution in [2.75, 3.05) is 0 Å². The van der Waals surface area contributed by atoms with Crippen LogP contribution in [0, 0.1) is 6.92 Å². The maximum Gasteiger partial charge on any atom is 0.251 e. The molecule has 0 unspecified atom stereocenters. The number of aromatic nitrogens is 2. The summed E-state index contributed by atoms with van der Waals surface area (Å²) in [4.78, 5) is 3.23. The molecule has 3 heteroatoms. The van der Waals surface area contributed by atoms with E-state index in [9.17, 15) is 0 Å². The Kier molecular flexibility index (Phi) is 6.04. The fraction of sp³-hybridized carbons (Fsp3) is 0.700. The molecule has 1 aromatic rings. The minimum Gasteiger partial charge on any atom is -1.00 e. The second-order valence-electron chi connectivity index (χ2n) is 3.38. The Bertz CT molecular complexity index is 243. The molecule has 1 heterocycles. The maximum absolute atomic E-state index is 3.23. The lowest BCUT2D eigenvalue weighted by molar-refractivity contribution is -0.683. The first-order valence-electron chi connectivity index (χ1n) is 4.78. The minimum atomic E-state index is 0. The van der Waals surface area contributed by atoms with Crippen LogP contribution in [0.2, 0.25) is 0 Å². The average molecular weight is 247 g/mol. The molecule has 0 spiro atoms. The molecule has 76 valence electrons. The molecule has 0 amide bonds. The van der Waals surface area contributed by atoms with Gasteiger partial charge in [0.25, 0.3) is 5.82 Å². The summed E-state index contributed by atoms with van der Waals surface area (Å²) in [5.41, 5.74) is 1.42. The molecule has 0 bridgehead atoms. The minimum absolute atomic E-state index is 0. The number of aryl methyl sites for hydroxylation is 2. The topological polar surface area (TPSA) is 19.7 Å². The third-order valence-electron chi connectivity index (χ3n) is 2.42. The van der Waals surface area contributed by atoms with E-state index in [1.165, 1.54) is 37.2 Å². The predicted octanol–water partition coefficient (Wildman–Crippen LogP) is -1.12. The average Bonchev–Trinajstić information content (AvgIpc) is 2.36. The summed E-state index contributed by atoms with van der Waals surface area (Å²) in [6.07, 6.45) is 7.26. The molecular formula is C10H19BrN2. The lowest BCUT2D eigenvalue weighted by Gasteiger charge is -1.95. The fourth-order valence-corrected chi connectivity index (χ4v) is 1.39. The molecule has 0 fully saturated rings. The van der Waals surface area contributed by atoms with Gasteiger partial charge >= 0.3 is 0 Å². The summed E-state index contributed by atoms with van der Waals surface area (Å²) in [5, 5.41) is 0. The third-order valence-corrected chi connectivity index (χ3v) is 2.42. The Morgan fingerprint density at radius 3 is 2.54 bits per heavy atom. The standard InChI is InChI=1S/C10H18N2.BrH/c1-4-5-6-7-10-8-11-9(2)12(10)3;/h8H,4-7H2,1-3H3;1H. The highest BCUT2D eigenvalue weighted by Crippen LogP contribution is 2.01. The van der Waals surface area contributed by atoms with Crippen molar-refractivity contribution in [3.63, 3.8) is 0 Å². The highest BCUT2D eigenvalue weighted by Gasteiger charge is 2.08. The van der Waals surface area contributed by atoms with Gasteiger partial charge in [0.15, 0.2) is 0 Å². The van der Waals surface area contributed by atoms with Crippen molar-refractivity contribution in [1.82, 2.24) is 4.98 Å². The third kappa shape index (κ3) is 3.51. The van der Waals surface area contributed by atoms with E-state index in [4.69, 9.17) is 0 Å². The van der Waals surface area contributed by atoms with E-state index in [-0.39, 0.29) is 17.0 Å². The van der Waals surface area contributed by atoms with Crippen molar-refractivity contribution in [2.24, 2.45) is 7.05 Å². The SMILES string of the molecule is CCCCCc1c[nH]c(C)[n+]1C.[Br-]. The molecule has 1 aromatic heterocycles. The van der Waals surface area contributed by atoms with Gasteiger partial charge < -0.3 is 17.0 Å². The number of H-pyrrole nitrogens is 1. The second kappa shape index (κ2) is 6.19. The van der Waals surface area contributed by atoms with Crippen LogP contribution in [0.15, 0.2) is 6.20 Å². The lowest BCUT2D eigenvalue weighted by Crippen LogP contribution is -3.00. The predicted molar refractivity (Wildman–Crippen MR) is 49.9 cm³/mol. The van der Waals surface area contributed by atoms with Crippen molar-refractivity contribution < 1.29 is 21.5 Å². The van der Waals surface area contributed by atoms with Crippen LogP contribution in [-0.2, 0) is 13.5 Å². The number of halogens is 1. The van der Waals surface area contributed by atoms with Gasteiger partial charge in [-0.1, -0.05) is 19.8 Å². The number of unbranched alkanes of at least 4 members (excludes halogenated alkanes) is 2. The molecule has 0 aliphatic rings. The molecule has 0 saturated heterocycles. The molecule has 0 radical (unpaired) electrons. The molecule has 2 nitrogen and oxygen atoms in total. The van der Waals surface area contributed by atoms with Crippen LogP contribution in [0.1, 0.15) is 37.7 Å². The monoisotopic (exact) mass is 246 g/mol. The van der Waals surface area contributed by atoms with Gasteiger partial charge in [-0.05, 0) is 6.42 Å². The molecule has 1 N–H and O–H groups in total. The zero-order chi connectivity index (χ0) is 8.97. The van der Waals surface area contributed by atoms with Gasteiger partial charge in [-0.3, -0.25) is 0 Å². The van der Waals surface area contributed by atoms with Gasteiger partial charge in [0, 0.05) is 13.3 Å². The Morgan fingerprint density at radius 1 is 1.38 bits per heavy atom. The van der Waals surface area contributed by atoms with Gasteiger partial charge in [0.2, 0.25) is 0 Å². The van der Waals surface area contributed by atoms with Gasteiger partial charge in [-0.15, -0.1) is 0 Å². The Morgan fingerprint density at radius 2 is 2.08 bits per heavy atom. The molecular weight excluding hydrogens is 228 g/mol. The first-order chi connectivity index (χ1) is 5.75. The smallest absolute Gasteiger partial charge is 0.251 e. The molecule has 1 rings (SSSR count). The molecule has 0 aliphatic heterocycles. The van der Waals surface area contributed by atoms with Crippen LogP contribution in [0.3, 0.4) is 0 Å². The Hall–Kier alpha value is -0.310. The molecule has 0 aromatic carbocycles. The van der Waals surface area contributed by atoms with Crippen LogP contribution in [0.4, 0.5) is 0 Å². The largest absolute Gasteiger partial charge is 1.00 e. The molecule has 13 heavy (non-hydrogen) atoms. The summed E-state index contributed by atoms with van der Waals surface area (Å²) >= 11 is 0. The highest BCUT2D eigenvalue weighted by molar-refractivity contribution is 4.89. The van der Waals surface area contributed by atoms with Crippen LogP contribution < -0.4 is 21.5 Å². The van der Waals surface area contributed by atoms with Gasteiger partial charge in [0.1, 0.15) is 11.9 Å². The zero-order valence-electron chi connectivity index (χ0n) is 8.73.